The van der Waals surface area contributed by atoms with Crippen LogP contribution in [0.1, 0.15) is 31.5 Å². The Morgan fingerprint density at radius 3 is 2.90 bits per heavy atom. The first kappa shape index (κ1) is 14.0. The molecule has 0 aliphatic rings. The molecule has 0 atom stereocenters. The van der Waals surface area contributed by atoms with E-state index in [1.54, 1.807) is 0 Å². The van der Waals surface area contributed by atoms with Gasteiger partial charge in [0.25, 0.3) is 5.89 Å². The largest absolute Gasteiger partial charge is 0.484 e. The van der Waals surface area contributed by atoms with Gasteiger partial charge in [0, 0.05) is 6.42 Å². The quantitative estimate of drug-likeness (QED) is 0.837. The van der Waals surface area contributed by atoms with Crippen LogP contribution in [0.3, 0.4) is 0 Å². The molecule has 0 aliphatic carbocycles. The zero-order valence-corrected chi connectivity index (χ0v) is 11.3. The minimum absolute atomic E-state index is 0.0145. The van der Waals surface area contributed by atoms with Crippen molar-refractivity contribution < 1.29 is 14.1 Å². The number of nitrogens with one attached hydrogen (secondary N) is 1. The predicted molar refractivity (Wildman–Crippen MR) is 71.8 cm³/mol. The van der Waals surface area contributed by atoms with Gasteiger partial charge in [0.05, 0.1) is 6.54 Å². The molecule has 0 saturated carbocycles. The lowest BCUT2D eigenvalue weighted by molar-refractivity contribution is -0.121. The fourth-order valence-electron chi connectivity index (χ4n) is 1.58. The van der Waals surface area contributed by atoms with Crippen molar-refractivity contribution in [3.8, 4) is 5.75 Å². The van der Waals surface area contributed by atoms with Crippen molar-refractivity contribution in [2.75, 3.05) is 0 Å². The second kappa shape index (κ2) is 7.28. The first-order valence-electron chi connectivity index (χ1n) is 6.54. The van der Waals surface area contributed by atoms with Gasteiger partial charge in [0.2, 0.25) is 5.91 Å². The molecule has 1 N–H and O–H groups in total. The molecule has 1 heterocycles. The number of hydrogen-bond acceptors (Lipinski definition) is 5. The second-order valence-electron chi connectivity index (χ2n) is 4.23. The van der Waals surface area contributed by atoms with Crippen molar-refractivity contribution in [3.63, 3.8) is 0 Å². The van der Waals surface area contributed by atoms with Crippen LogP contribution < -0.4 is 10.1 Å². The molecule has 0 bridgehead atoms. The Labute approximate surface area is 117 Å². The van der Waals surface area contributed by atoms with E-state index in [4.69, 9.17) is 9.26 Å². The first-order chi connectivity index (χ1) is 9.78. The number of ether oxygens (including phenoxy) is 1. The van der Waals surface area contributed by atoms with Gasteiger partial charge < -0.3 is 14.6 Å². The number of aromatic nitrogens is 2. The van der Waals surface area contributed by atoms with Gasteiger partial charge in [-0.3, -0.25) is 4.79 Å². The van der Waals surface area contributed by atoms with Crippen LogP contribution in [0.25, 0.3) is 0 Å². The van der Waals surface area contributed by atoms with Crippen LogP contribution in [0.2, 0.25) is 0 Å². The Balaban J connectivity index is 1.79. The smallest absolute Gasteiger partial charge is 0.264 e. The van der Waals surface area contributed by atoms with Crippen molar-refractivity contribution in [1.29, 1.82) is 0 Å². The number of para-hydroxylation sites is 1. The maximum atomic E-state index is 11.3. The van der Waals surface area contributed by atoms with Gasteiger partial charge in [0.1, 0.15) is 5.75 Å². The maximum Gasteiger partial charge on any atom is 0.264 e. The van der Waals surface area contributed by atoms with Crippen LogP contribution in [0.4, 0.5) is 0 Å². The van der Waals surface area contributed by atoms with E-state index < -0.39 is 0 Å². The van der Waals surface area contributed by atoms with Gasteiger partial charge >= 0.3 is 0 Å². The molecule has 20 heavy (non-hydrogen) atoms. The summed E-state index contributed by atoms with van der Waals surface area (Å²) in [6, 6.07) is 9.39. The first-order valence-corrected chi connectivity index (χ1v) is 6.54. The lowest BCUT2D eigenvalue weighted by Crippen LogP contribution is -2.22. The third-order valence-electron chi connectivity index (χ3n) is 2.54. The zero-order chi connectivity index (χ0) is 14.2. The summed E-state index contributed by atoms with van der Waals surface area (Å²) in [4.78, 5) is 15.5. The summed E-state index contributed by atoms with van der Waals surface area (Å²) in [6.07, 6.45) is 1.32. The lowest BCUT2D eigenvalue weighted by Gasteiger charge is -2.01. The molecule has 0 aliphatic heterocycles. The van der Waals surface area contributed by atoms with Crippen LogP contribution >= 0.6 is 0 Å². The predicted octanol–water partition coefficient (Wildman–Crippen LogP) is 2.06. The summed E-state index contributed by atoms with van der Waals surface area (Å²) in [5.41, 5.74) is 0. The highest BCUT2D eigenvalue weighted by atomic mass is 16.5. The van der Waals surface area contributed by atoms with Crippen LogP contribution in [0.15, 0.2) is 34.9 Å². The van der Waals surface area contributed by atoms with E-state index in [-0.39, 0.29) is 19.1 Å². The topological polar surface area (TPSA) is 77.2 Å². The highest BCUT2D eigenvalue weighted by molar-refractivity contribution is 5.75. The molecule has 1 aromatic heterocycles. The van der Waals surface area contributed by atoms with E-state index in [9.17, 15) is 4.79 Å². The third kappa shape index (κ3) is 4.38. The second-order valence-corrected chi connectivity index (χ2v) is 4.23. The van der Waals surface area contributed by atoms with Crippen LogP contribution in [0, 0.1) is 0 Å². The van der Waals surface area contributed by atoms with Crippen molar-refractivity contribution in [1.82, 2.24) is 15.5 Å². The number of hydrogen-bond donors (Lipinski definition) is 1. The number of nitrogens with zero attached hydrogens (tertiary/aromatic N) is 2. The molecule has 0 spiro atoms. The number of benzene rings is 1. The minimum atomic E-state index is -0.0145. The van der Waals surface area contributed by atoms with E-state index in [2.05, 4.69) is 15.5 Å². The van der Waals surface area contributed by atoms with Gasteiger partial charge in [-0.25, -0.2) is 0 Å². The Morgan fingerprint density at radius 1 is 1.35 bits per heavy atom. The summed E-state index contributed by atoms with van der Waals surface area (Å²) >= 11 is 0. The maximum absolute atomic E-state index is 11.3. The summed E-state index contributed by atoms with van der Waals surface area (Å²) in [6.45, 7) is 2.43. The minimum Gasteiger partial charge on any atom is -0.484 e. The number of carbonyl (C=O) groups excluding carboxylic acids is 1. The average molecular weight is 275 g/mol. The van der Waals surface area contributed by atoms with Gasteiger partial charge in [0.15, 0.2) is 12.4 Å². The van der Waals surface area contributed by atoms with Crippen molar-refractivity contribution in [2.24, 2.45) is 0 Å². The highest BCUT2D eigenvalue weighted by Crippen LogP contribution is 2.10. The van der Waals surface area contributed by atoms with E-state index in [1.165, 1.54) is 0 Å². The van der Waals surface area contributed by atoms with E-state index >= 15 is 0 Å². The fourth-order valence-corrected chi connectivity index (χ4v) is 1.58. The summed E-state index contributed by atoms with van der Waals surface area (Å²) < 4.78 is 10.5. The Morgan fingerprint density at radius 2 is 2.15 bits per heavy atom. The van der Waals surface area contributed by atoms with E-state index in [0.717, 1.165) is 12.2 Å². The average Bonchev–Trinajstić information content (AvgIpc) is 2.92. The van der Waals surface area contributed by atoms with Crippen LogP contribution in [0.5, 0.6) is 5.75 Å². The molecular weight excluding hydrogens is 258 g/mol. The molecular formula is C14H17N3O3. The fraction of sp³-hybridized carbons (Fsp3) is 0.357. The molecule has 2 aromatic rings. The molecule has 0 fully saturated rings. The van der Waals surface area contributed by atoms with Crippen molar-refractivity contribution in [3.05, 3.63) is 42.0 Å². The summed E-state index contributed by atoms with van der Waals surface area (Å²) in [7, 11) is 0. The number of rotatable bonds is 7. The van der Waals surface area contributed by atoms with E-state index in [1.807, 2.05) is 37.3 Å². The Bertz CT molecular complexity index is 540. The molecule has 6 nitrogen and oxygen atoms in total. The Hall–Kier alpha value is -2.37. The number of amides is 1. The Kier molecular flexibility index (Phi) is 5.11. The highest BCUT2D eigenvalue weighted by Gasteiger charge is 2.08. The monoisotopic (exact) mass is 275 g/mol. The van der Waals surface area contributed by atoms with Gasteiger partial charge in [-0.2, -0.15) is 4.98 Å². The SMILES string of the molecule is CCCC(=O)NCc1noc(COc2ccccc2)n1. The molecule has 106 valence electrons. The van der Waals surface area contributed by atoms with Gasteiger partial charge in [-0.15, -0.1) is 0 Å². The van der Waals surface area contributed by atoms with Crippen molar-refractivity contribution >= 4 is 5.91 Å². The normalized spacial score (nSPS) is 10.2. The standard InChI is InChI=1S/C14H17N3O3/c1-2-6-13(18)15-9-12-16-14(20-17-12)10-19-11-7-4-3-5-8-11/h3-5,7-8H,2,6,9-10H2,1H3,(H,15,18). The number of carbonyl (C=O) groups is 1. The van der Waals surface area contributed by atoms with Gasteiger partial charge in [-0.1, -0.05) is 30.3 Å². The zero-order valence-electron chi connectivity index (χ0n) is 11.3. The van der Waals surface area contributed by atoms with Crippen LogP contribution in [-0.2, 0) is 17.9 Å². The lowest BCUT2D eigenvalue weighted by atomic mass is 10.3. The molecule has 1 aromatic carbocycles. The van der Waals surface area contributed by atoms with Crippen LogP contribution in [-0.4, -0.2) is 16.0 Å². The molecule has 1 amide bonds. The molecule has 0 saturated heterocycles. The van der Waals surface area contributed by atoms with E-state index in [0.29, 0.717) is 18.1 Å². The molecule has 2 rings (SSSR count). The summed E-state index contributed by atoms with van der Waals surface area (Å²) in [5.74, 6) is 1.55. The van der Waals surface area contributed by atoms with Gasteiger partial charge in [-0.05, 0) is 18.6 Å². The van der Waals surface area contributed by atoms with Crippen molar-refractivity contribution in [2.45, 2.75) is 32.9 Å². The summed E-state index contributed by atoms with van der Waals surface area (Å²) in [5, 5.41) is 6.50. The molecule has 0 radical (unpaired) electrons. The molecule has 6 heteroatoms. The molecule has 0 unspecified atom stereocenters. The third-order valence-corrected chi connectivity index (χ3v) is 2.54.